The molecule has 2 heteroatoms. The fraction of sp³-hybridized carbons (Fsp3) is 0.176. The zero-order valence-electron chi connectivity index (χ0n) is 10.7. The Morgan fingerprint density at radius 3 is 2.16 bits per heavy atom. The van der Waals surface area contributed by atoms with Gasteiger partial charge >= 0.3 is 0 Å². The van der Waals surface area contributed by atoms with Crippen LogP contribution >= 0.6 is 11.6 Å². The number of fused-ring (bicyclic) bond motifs is 7. The van der Waals surface area contributed by atoms with Crippen LogP contribution in [-0.4, -0.2) is 11.9 Å². The molecule has 0 saturated heterocycles. The fourth-order valence-corrected chi connectivity index (χ4v) is 3.83. The number of rotatable bonds is 0. The van der Waals surface area contributed by atoms with Crippen molar-refractivity contribution in [2.45, 2.75) is 12.1 Å². The molecule has 0 amide bonds. The first-order valence-electron chi connectivity index (χ1n) is 6.54. The summed E-state index contributed by atoms with van der Waals surface area (Å²) in [6, 6.07) is 17.7. The van der Waals surface area contributed by atoms with Gasteiger partial charge in [-0.15, -0.1) is 0 Å². The van der Waals surface area contributed by atoms with Gasteiger partial charge in [-0.3, -0.25) is 4.90 Å². The van der Waals surface area contributed by atoms with Gasteiger partial charge in [-0.2, -0.15) is 0 Å². The minimum absolute atomic E-state index is 0.190. The predicted molar refractivity (Wildman–Crippen MR) is 79.1 cm³/mol. The summed E-state index contributed by atoms with van der Waals surface area (Å²) in [6.45, 7) is 0. The van der Waals surface area contributed by atoms with E-state index < -0.39 is 0 Å². The van der Waals surface area contributed by atoms with Crippen LogP contribution in [0.5, 0.6) is 0 Å². The minimum Gasteiger partial charge on any atom is -0.283 e. The Balaban J connectivity index is 2.07. The van der Waals surface area contributed by atoms with Gasteiger partial charge in [0.15, 0.2) is 0 Å². The highest BCUT2D eigenvalue weighted by molar-refractivity contribution is 6.32. The van der Waals surface area contributed by atoms with E-state index in [9.17, 15) is 0 Å². The normalized spacial score (nSPS) is 24.4. The van der Waals surface area contributed by atoms with Gasteiger partial charge in [0.1, 0.15) is 0 Å². The van der Waals surface area contributed by atoms with Gasteiger partial charge in [0.2, 0.25) is 0 Å². The van der Waals surface area contributed by atoms with Gasteiger partial charge in [-0.1, -0.05) is 60.1 Å². The van der Waals surface area contributed by atoms with Crippen LogP contribution in [0.3, 0.4) is 0 Å². The van der Waals surface area contributed by atoms with Gasteiger partial charge in [0, 0.05) is 5.03 Å². The standard InChI is InChI=1S/C17H14ClN/c1-19-16-12-7-3-2-6-11(12)10-15(18)17(19)14-9-5-4-8-13(14)16/h2-10,16-17H,1H3. The lowest BCUT2D eigenvalue weighted by molar-refractivity contribution is 0.268. The Bertz CT molecular complexity index is 689. The first kappa shape index (κ1) is 11.3. The molecule has 0 radical (unpaired) electrons. The summed E-state index contributed by atoms with van der Waals surface area (Å²) < 4.78 is 0. The molecule has 0 aromatic heterocycles. The van der Waals surface area contributed by atoms with Crippen LogP contribution in [0.15, 0.2) is 53.6 Å². The number of halogens is 1. The van der Waals surface area contributed by atoms with Crippen LogP contribution < -0.4 is 0 Å². The highest BCUT2D eigenvalue weighted by Gasteiger charge is 2.40. The monoisotopic (exact) mass is 267 g/mol. The van der Waals surface area contributed by atoms with E-state index in [1.54, 1.807) is 0 Å². The second-order valence-electron chi connectivity index (χ2n) is 5.26. The van der Waals surface area contributed by atoms with Crippen molar-refractivity contribution in [3.8, 4) is 0 Å². The second-order valence-corrected chi connectivity index (χ2v) is 5.69. The molecule has 0 spiro atoms. The van der Waals surface area contributed by atoms with E-state index in [-0.39, 0.29) is 6.04 Å². The van der Waals surface area contributed by atoms with E-state index >= 15 is 0 Å². The zero-order valence-corrected chi connectivity index (χ0v) is 11.4. The van der Waals surface area contributed by atoms with E-state index in [1.807, 2.05) is 0 Å². The average Bonchev–Trinajstić information content (AvgIpc) is 2.64. The van der Waals surface area contributed by atoms with Crippen molar-refractivity contribution in [1.29, 1.82) is 0 Å². The van der Waals surface area contributed by atoms with Crippen molar-refractivity contribution in [3.05, 3.63) is 75.8 Å². The molecule has 0 saturated carbocycles. The fourth-order valence-electron chi connectivity index (χ4n) is 3.45. The Labute approximate surface area is 118 Å². The predicted octanol–water partition coefficient (Wildman–Crippen LogP) is 4.36. The molecule has 0 aliphatic carbocycles. The molecule has 2 aromatic carbocycles. The lowest BCUT2D eigenvalue weighted by Crippen LogP contribution is -2.21. The SMILES string of the molecule is CN1C2C(Cl)=Cc3ccccc3C1c1ccccc12. The second kappa shape index (κ2) is 3.96. The van der Waals surface area contributed by atoms with E-state index in [2.05, 4.69) is 66.6 Å². The van der Waals surface area contributed by atoms with Crippen molar-refractivity contribution < 1.29 is 0 Å². The molecule has 2 aliphatic rings. The molecular formula is C17H14ClN. The van der Waals surface area contributed by atoms with Crippen molar-refractivity contribution in [1.82, 2.24) is 4.90 Å². The van der Waals surface area contributed by atoms with Gasteiger partial charge in [0.25, 0.3) is 0 Å². The summed E-state index contributed by atoms with van der Waals surface area (Å²) in [6.07, 6.45) is 2.12. The van der Waals surface area contributed by atoms with Gasteiger partial charge in [-0.25, -0.2) is 0 Å². The van der Waals surface area contributed by atoms with Crippen LogP contribution in [0, 0.1) is 0 Å². The summed E-state index contributed by atoms with van der Waals surface area (Å²) >= 11 is 6.58. The molecule has 94 valence electrons. The van der Waals surface area contributed by atoms with E-state index in [0.717, 1.165) is 5.03 Å². The maximum atomic E-state index is 6.58. The molecule has 2 aromatic rings. The Morgan fingerprint density at radius 1 is 0.842 bits per heavy atom. The quantitative estimate of drug-likeness (QED) is 0.686. The number of hydrogen-bond donors (Lipinski definition) is 0. The van der Waals surface area contributed by atoms with Crippen molar-refractivity contribution in [3.63, 3.8) is 0 Å². The van der Waals surface area contributed by atoms with E-state index in [4.69, 9.17) is 11.6 Å². The maximum Gasteiger partial charge on any atom is 0.0718 e. The van der Waals surface area contributed by atoms with Crippen LogP contribution in [-0.2, 0) is 0 Å². The van der Waals surface area contributed by atoms with Crippen LogP contribution in [0.1, 0.15) is 34.3 Å². The third-order valence-corrected chi connectivity index (χ3v) is 4.56. The lowest BCUT2D eigenvalue weighted by Gasteiger charge is -2.24. The number of likely N-dealkylation sites (N-methyl/N-ethyl adjacent to an activating group) is 1. The van der Waals surface area contributed by atoms with Crippen molar-refractivity contribution >= 4 is 17.7 Å². The topological polar surface area (TPSA) is 3.24 Å². The third-order valence-electron chi connectivity index (χ3n) is 4.24. The van der Waals surface area contributed by atoms with Gasteiger partial charge in [0.05, 0.1) is 12.1 Å². The number of benzene rings is 2. The Hall–Kier alpha value is -1.57. The van der Waals surface area contributed by atoms with Crippen molar-refractivity contribution in [2.75, 3.05) is 7.05 Å². The summed E-state index contributed by atoms with van der Waals surface area (Å²) in [5.74, 6) is 0. The first-order chi connectivity index (χ1) is 9.27. The molecule has 4 rings (SSSR count). The summed E-state index contributed by atoms with van der Waals surface area (Å²) in [4.78, 5) is 2.37. The van der Waals surface area contributed by atoms with Crippen LogP contribution in [0.2, 0.25) is 0 Å². The van der Waals surface area contributed by atoms with Crippen molar-refractivity contribution in [2.24, 2.45) is 0 Å². The summed E-state index contributed by atoms with van der Waals surface area (Å²) in [7, 11) is 2.16. The molecule has 2 atom stereocenters. The third kappa shape index (κ3) is 1.46. The molecular weight excluding hydrogens is 254 g/mol. The first-order valence-corrected chi connectivity index (χ1v) is 6.92. The lowest BCUT2D eigenvalue weighted by atomic mass is 9.92. The average molecular weight is 268 g/mol. The zero-order chi connectivity index (χ0) is 13.0. The molecule has 0 fully saturated rings. The van der Waals surface area contributed by atoms with E-state index in [0.29, 0.717) is 6.04 Å². The number of hydrogen-bond acceptors (Lipinski definition) is 1. The molecule has 2 heterocycles. The molecule has 1 nitrogen and oxygen atoms in total. The Morgan fingerprint density at radius 2 is 1.42 bits per heavy atom. The maximum absolute atomic E-state index is 6.58. The van der Waals surface area contributed by atoms with Crippen LogP contribution in [0.25, 0.3) is 6.08 Å². The van der Waals surface area contributed by atoms with Gasteiger partial charge < -0.3 is 0 Å². The summed E-state index contributed by atoms with van der Waals surface area (Å²) in [5, 5.41) is 0.905. The minimum atomic E-state index is 0.190. The van der Waals surface area contributed by atoms with E-state index in [1.165, 1.54) is 22.3 Å². The molecule has 0 N–H and O–H groups in total. The highest BCUT2D eigenvalue weighted by Crippen LogP contribution is 2.51. The van der Waals surface area contributed by atoms with Gasteiger partial charge in [-0.05, 0) is 35.4 Å². The molecule has 2 aliphatic heterocycles. The smallest absolute Gasteiger partial charge is 0.0718 e. The molecule has 2 unspecified atom stereocenters. The van der Waals surface area contributed by atoms with Crippen LogP contribution in [0.4, 0.5) is 0 Å². The molecule has 19 heavy (non-hydrogen) atoms. The molecule has 2 bridgehead atoms. The largest absolute Gasteiger partial charge is 0.283 e. The number of nitrogens with zero attached hydrogens (tertiary/aromatic N) is 1. The highest BCUT2D eigenvalue weighted by atomic mass is 35.5. The summed E-state index contributed by atoms with van der Waals surface area (Å²) in [5.41, 5.74) is 5.30. The Kier molecular flexibility index (Phi) is 2.35.